The van der Waals surface area contributed by atoms with Gasteiger partial charge < -0.3 is 15.2 Å². The van der Waals surface area contributed by atoms with Gasteiger partial charge in [0.2, 0.25) is 0 Å². The first-order chi connectivity index (χ1) is 10.0. The number of nitrogens with zero attached hydrogens (tertiary/aromatic N) is 1. The predicted molar refractivity (Wildman–Crippen MR) is 81.8 cm³/mol. The van der Waals surface area contributed by atoms with E-state index in [0.29, 0.717) is 18.0 Å². The molecule has 2 aromatic carbocycles. The number of nitro benzene ring substituents is 1. The molecule has 0 aliphatic rings. The van der Waals surface area contributed by atoms with Crippen molar-refractivity contribution in [2.45, 2.75) is 6.54 Å². The fourth-order valence-electron chi connectivity index (χ4n) is 1.76. The second-order valence-electron chi connectivity index (χ2n) is 4.16. The van der Waals surface area contributed by atoms with E-state index in [1.165, 1.54) is 19.2 Å². The van der Waals surface area contributed by atoms with Crippen LogP contribution in [0.2, 0.25) is 0 Å². The number of hydrogen-bond acceptors (Lipinski definition) is 5. The predicted octanol–water partition coefficient (Wildman–Crippen LogP) is 3.62. The second-order valence-corrected chi connectivity index (χ2v) is 5.02. The lowest BCUT2D eigenvalue weighted by molar-refractivity contribution is -0.385. The summed E-state index contributed by atoms with van der Waals surface area (Å²) in [5.74, 6) is 1.08. The minimum absolute atomic E-state index is 0.148. The first-order valence-electron chi connectivity index (χ1n) is 6.04. The molecule has 0 spiro atoms. The molecule has 0 aliphatic carbocycles. The average molecular weight is 353 g/mol. The highest BCUT2D eigenvalue weighted by Gasteiger charge is 2.16. The highest BCUT2D eigenvalue weighted by molar-refractivity contribution is 9.10. The zero-order valence-corrected chi connectivity index (χ0v) is 12.8. The second kappa shape index (κ2) is 6.55. The van der Waals surface area contributed by atoms with Crippen LogP contribution in [0.15, 0.2) is 40.9 Å². The van der Waals surface area contributed by atoms with Gasteiger partial charge in [-0.3, -0.25) is 10.1 Å². The van der Waals surface area contributed by atoms with Gasteiger partial charge in [-0.1, -0.05) is 6.07 Å². The van der Waals surface area contributed by atoms with Gasteiger partial charge in [-0.2, -0.15) is 0 Å². The summed E-state index contributed by atoms with van der Waals surface area (Å²) in [6.07, 6.45) is 0. The van der Waals surface area contributed by atoms with E-state index in [-0.39, 0.29) is 11.4 Å². The van der Waals surface area contributed by atoms with Gasteiger partial charge in [0.05, 0.1) is 22.6 Å². The van der Waals surface area contributed by atoms with Crippen molar-refractivity contribution in [1.29, 1.82) is 0 Å². The Hall–Kier alpha value is -2.12. The van der Waals surface area contributed by atoms with E-state index < -0.39 is 4.92 Å². The Morgan fingerprint density at radius 1 is 1.24 bits per heavy atom. The molecular weight excluding hydrogens is 340 g/mol. The van der Waals surface area contributed by atoms with Gasteiger partial charge in [0, 0.05) is 6.54 Å². The van der Waals surface area contributed by atoms with Crippen LogP contribution >= 0.6 is 15.9 Å². The van der Waals surface area contributed by atoms with Crippen molar-refractivity contribution >= 4 is 21.6 Å². The van der Waals surface area contributed by atoms with E-state index in [1.54, 1.807) is 12.1 Å². The van der Waals surface area contributed by atoms with Crippen LogP contribution in [0.25, 0.3) is 0 Å². The molecule has 110 valence electrons. The third-order valence-corrected chi connectivity index (χ3v) is 3.43. The summed E-state index contributed by atoms with van der Waals surface area (Å²) < 4.78 is 11.3. The fraction of sp³-hybridized carbons (Fsp3) is 0.143. The Labute approximate surface area is 129 Å². The van der Waals surface area contributed by atoms with Crippen molar-refractivity contribution in [1.82, 2.24) is 0 Å². The Balaban J connectivity index is 2.31. The molecule has 0 bridgehead atoms. The molecule has 0 amide bonds. The third-order valence-electron chi connectivity index (χ3n) is 2.81. The van der Waals surface area contributed by atoms with E-state index in [2.05, 4.69) is 15.9 Å². The molecule has 2 aromatic rings. The number of methoxy groups -OCH3 is 1. The number of nitrogens with two attached hydrogens (primary N) is 1. The van der Waals surface area contributed by atoms with E-state index >= 15 is 0 Å². The summed E-state index contributed by atoms with van der Waals surface area (Å²) in [4.78, 5) is 10.5. The van der Waals surface area contributed by atoms with Crippen LogP contribution in [-0.4, -0.2) is 12.0 Å². The zero-order valence-electron chi connectivity index (χ0n) is 11.2. The van der Waals surface area contributed by atoms with E-state index in [1.807, 2.05) is 12.1 Å². The molecule has 0 atom stereocenters. The normalized spacial score (nSPS) is 10.2. The number of rotatable bonds is 5. The number of nitro groups is 1. The van der Waals surface area contributed by atoms with Crippen LogP contribution in [0, 0.1) is 10.1 Å². The van der Waals surface area contributed by atoms with Gasteiger partial charge >= 0.3 is 5.69 Å². The summed E-state index contributed by atoms with van der Waals surface area (Å²) in [6, 6.07) is 9.85. The number of ether oxygens (including phenoxy) is 2. The lowest BCUT2D eigenvalue weighted by Gasteiger charge is -2.10. The van der Waals surface area contributed by atoms with E-state index in [9.17, 15) is 10.1 Å². The monoisotopic (exact) mass is 352 g/mol. The summed E-state index contributed by atoms with van der Waals surface area (Å²) >= 11 is 3.38. The highest BCUT2D eigenvalue weighted by atomic mass is 79.9. The third kappa shape index (κ3) is 3.50. The van der Waals surface area contributed by atoms with Gasteiger partial charge in [-0.15, -0.1) is 0 Å². The van der Waals surface area contributed by atoms with Crippen molar-refractivity contribution < 1.29 is 14.4 Å². The fourth-order valence-corrected chi connectivity index (χ4v) is 2.26. The molecular formula is C14H13BrN2O4. The topological polar surface area (TPSA) is 87.6 Å². The lowest BCUT2D eigenvalue weighted by Crippen LogP contribution is -1.97. The van der Waals surface area contributed by atoms with Crippen molar-refractivity contribution in [3.63, 3.8) is 0 Å². The minimum Gasteiger partial charge on any atom is -0.490 e. The maximum atomic E-state index is 11.0. The summed E-state index contributed by atoms with van der Waals surface area (Å²) in [6.45, 7) is 0.423. The minimum atomic E-state index is -0.516. The molecule has 0 radical (unpaired) electrons. The first-order valence-corrected chi connectivity index (χ1v) is 6.83. The Morgan fingerprint density at radius 3 is 2.52 bits per heavy atom. The summed E-state index contributed by atoms with van der Waals surface area (Å²) in [7, 11) is 1.38. The van der Waals surface area contributed by atoms with E-state index in [4.69, 9.17) is 15.2 Å². The molecule has 7 heteroatoms. The molecule has 0 saturated carbocycles. The SMILES string of the molecule is COc1ccc(Oc2ccc(CN)cc2Br)cc1[N+](=O)[O-]. The molecule has 0 aromatic heterocycles. The molecule has 0 heterocycles. The standard InChI is InChI=1S/C14H13BrN2O4/c1-20-14-5-3-10(7-12(14)17(18)19)21-13-4-2-9(8-16)6-11(13)15/h2-7H,8,16H2,1H3. The smallest absolute Gasteiger partial charge is 0.314 e. The lowest BCUT2D eigenvalue weighted by atomic mass is 10.2. The maximum absolute atomic E-state index is 11.0. The molecule has 2 N–H and O–H groups in total. The van der Waals surface area contributed by atoms with Gasteiger partial charge in [0.25, 0.3) is 0 Å². The van der Waals surface area contributed by atoms with Crippen LogP contribution in [0.3, 0.4) is 0 Å². The molecule has 21 heavy (non-hydrogen) atoms. The highest BCUT2D eigenvalue weighted by Crippen LogP contribution is 2.35. The summed E-state index contributed by atoms with van der Waals surface area (Å²) in [5.41, 5.74) is 6.36. The van der Waals surface area contributed by atoms with Crippen molar-refractivity contribution in [2.75, 3.05) is 7.11 Å². The molecule has 6 nitrogen and oxygen atoms in total. The van der Waals surface area contributed by atoms with Crippen LogP contribution < -0.4 is 15.2 Å². The van der Waals surface area contributed by atoms with Gasteiger partial charge in [-0.05, 0) is 45.8 Å². The average Bonchev–Trinajstić information content (AvgIpc) is 2.49. The molecule has 0 fully saturated rings. The van der Waals surface area contributed by atoms with Crippen molar-refractivity contribution in [3.05, 3.63) is 56.5 Å². The van der Waals surface area contributed by atoms with E-state index in [0.717, 1.165) is 10.0 Å². The zero-order chi connectivity index (χ0) is 15.4. The number of benzene rings is 2. The number of hydrogen-bond donors (Lipinski definition) is 1. The van der Waals surface area contributed by atoms with Gasteiger partial charge in [0.15, 0.2) is 5.75 Å². The van der Waals surface area contributed by atoms with Crippen LogP contribution in [0.4, 0.5) is 5.69 Å². The molecule has 2 rings (SSSR count). The van der Waals surface area contributed by atoms with Crippen LogP contribution in [0.1, 0.15) is 5.56 Å². The summed E-state index contributed by atoms with van der Waals surface area (Å²) in [5, 5.41) is 11.0. The van der Waals surface area contributed by atoms with Crippen LogP contribution in [0.5, 0.6) is 17.2 Å². The Bertz CT molecular complexity index is 676. The van der Waals surface area contributed by atoms with Crippen molar-refractivity contribution in [2.24, 2.45) is 5.73 Å². The van der Waals surface area contributed by atoms with Crippen molar-refractivity contribution in [3.8, 4) is 17.2 Å². The quantitative estimate of drug-likeness (QED) is 0.655. The van der Waals surface area contributed by atoms with Gasteiger partial charge in [0.1, 0.15) is 11.5 Å². The molecule has 0 saturated heterocycles. The first kappa shape index (κ1) is 15.3. The Morgan fingerprint density at radius 2 is 1.95 bits per heavy atom. The largest absolute Gasteiger partial charge is 0.490 e. The van der Waals surface area contributed by atoms with Gasteiger partial charge in [-0.25, -0.2) is 0 Å². The molecule has 0 aliphatic heterocycles. The number of halogens is 1. The maximum Gasteiger partial charge on any atom is 0.314 e. The molecule has 0 unspecified atom stereocenters. The van der Waals surface area contributed by atoms with Crippen LogP contribution in [-0.2, 0) is 6.54 Å². The Kier molecular flexibility index (Phi) is 4.77.